The molecule has 0 atom stereocenters. The SMILES string of the molecule is N#Cc1ccc(Nc2cc(Br)ccc2N)c(Cl)c1. The van der Waals surface area contributed by atoms with Gasteiger partial charge in [-0.2, -0.15) is 5.26 Å². The molecular weight excluding hydrogens is 314 g/mol. The van der Waals surface area contributed by atoms with Crippen LogP contribution >= 0.6 is 27.5 Å². The number of nitrogens with zero attached hydrogens (tertiary/aromatic N) is 1. The Morgan fingerprint density at radius 1 is 1.17 bits per heavy atom. The van der Waals surface area contributed by atoms with Crippen LogP contribution in [0.1, 0.15) is 5.56 Å². The number of nitriles is 1. The van der Waals surface area contributed by atoms with Crippen molar-refractivity contribution in [2.75, 3.05) is 11.1 Å². The van der Waals surface area contributed by atoms with E-state index in [0.717, 1.165) is 10.2 Å². The molecule has 3 N–H and O–H groups in total. The molecule has 0 spiro atoms. The molecule has 18 heavy (non-hydrogen) atoms. The van der Waals surface area contributed by atoms with E-state index in [-0.39, 0.29) is 0 Å². The van der Waals surface area contributed by atoms with Crippen molar-refractivity contribution in [3.05, 3.63) is 51.5 Å². The Morgan fingerprint density at radius 2 is 1.94 bits per heavy atom. The molecule has 5 heteroatoms. The predicted molar refractivity (Wildman–Crippen MR) is 78.0 cm³/mol. The van der Waals surface area contributed by atoms with E-state index < -0.39 is 0 Å². The van der Waals surface area contributed by atoms with Crippen LogP contribution in [0.5, 0.6) is 0 Å². The third-order valence-corrected chi connectivity index (χ3v) is 3.19. The first-order chi connectivity index (χ1) is 8.60. The van der Waals surface area contributed by atoms with Gasteiger partial charge in [-0.05, 0) is 36.4 Å². The smallest absolute Gasteiger partial charge is 0.0992 e. The summed E-state index contributed by atoms with van der Waals surface area (Å²) in [6.07, 6.45) is 0. The van der Waals surface area contributed by atoms with Crippen LogP contribution in [0.4, 0.5) is 17.1 Å². The van der Waals surface area contributed by atoms with Gasteiger partial charge in [0, 0.05) is 4.47 Å². The zero-order valence-electron chi connectivity index (χ0n) is 9.24. The topological polar surface area (TPSA) is 61.8 Å². The first-order valence-corrected chi connectivity index (χ1v) is 6.29. The summed E-state index contributed by atoms with van der Waals surface area (Å²) >= 11 is 9.46. The minimum atomic E-state index is 0.480. The van der Waals surface area contributed by atoms with Crippen molar-refractivity contribution in [3.8, 4) is 6.07 Å². The fourth-order valence-electron chi connectivity index (χ4n) is 1.47. The van der Waals surface area contributed by atoms with E-state index in [1.54, 1.807) is 24.3 Å². The summed E-state index contributed by atoms with van der Waals surface area (Å²) in [5.41, 5.74) is 8.48. The summed E-state index contributed by atoms with van der Waals surface area (Å²) in [6, 6.07) is 12.6. The van der Waals surface area contributed by atoms with E-state index in [4.69, 9.17) is 22.6 Å². The van der Waals surface area contributed by atoms with Crippen molar-refractivity contribution in [2.45, 2.75) is 0 Å². The molecule has 0 aromatic heterocycles. The molecule has 0 fully saturated rings. The van der Waals surface area contributed by atoms with E-state index in [2.05, 4.69) is 21.2 Å². The van der Waals surface area contributed by atoms with Crippen LogP contribution in [-0.2, 0) is 0 Å². The van der Waals surface area contributed by atoms with Crippen molar-refractivity contribution in [1.82, 2.24) is 0 Å². The molecule has 0 aliphatic rings. The van der Waals surface area contributed by atoms with Gasteiger partial charge < -0.3 is 11.1 Å². The second kappa shape index (κ2) is 5.30. The minimum Gasteiger partial charge on any atom is -0.397 e. The molecule has 2 aromatic carbocycles. The standard InChI is InChI=1S/C13H9BrClN3/c14-9-2-3-11(17)13(6-9)18-12-4-1-8(7-16)5-10(12)15/h1-6,18H,17H2. The maximum absolute atomic E-state index is 8.77. The lowest BCUT2D eigenvalue weighted by Gasteiger charge is -2.11. The lowest BCUT2D eigenvalue weighted by atomic mass is 10.2. The summed E-state index contributed by atoms with van der Waals surface area (Å²) in [4.78, 5) is 0. The van der Waals surface area contributed by atoms with Gasteiger partial charge >= 0.3 is 0 Å². The van der Waals surface area contributed by atoms with Crippen LogP contribution in [0.2, 0.25) is 5.02 Å². The number of hydrogen-bond acceptors (Lipinski definition) is 3. The Morgan fingerprint density at radius 3 is 2.61 bits per heavy atom. The molecule has 0 aliphatic heterocycles. The van der Waals surface area contributed by atoms with Crippen molar-refractivity contribution in [3.63, 3.8) is 0 Å². The highest BCUT2D eigenvalue weighted by Crippen LogP contribution is 2.30. The van der Waals surface area contributed by atoms with Gasteiger partial charge in [-0.1, -0.05) is 27.5 Å². The highest BCUT2D eigenvalue weighted by atomic mass is 79.9. The first-order valence-electron chi connectivity index (χ1n) is 5.12. The van der Waals surface area contributed by atoms with Crippen molar-refractivity contribution < 1.29 is 0 Å². The van der Waals surface area contributed by atoms with Crippen LogP contribution in [0.15, 0.2) is 40.9 Å². The van der Waals surface area contributed by atoms with Crippen LogP contribution in [0.25, 0.3) is 0 Å². The van der Waals surface area contributed by atoms with E-state index in [0.29, 0.717) is 22.0 Å². The number of hydrogen-bond donors (Lipinski definition) is 2. The molecule has 2 rings (SSSR count). The lowest BCUT2D eigenvalue weighted by molar-refractivity contribution is 1.47. The summed E-state index contributed by atoms with van der Waals surface area (Å²) in [5.74, 6) is 0. The Hall–Kier alpha value is -1.70. The number of anilines is 3. The van der Waals surface area contributed by atoms with E-state index in [9.17, 15) is 0 Å². The zero-order chi connectivity index (χ0) is 13.1. The summed E-state index contributed by atoms with van der Waals surface area (Å²) in [7, 11) is 0. The fourth-order valence-corrected chi connectivity index (χ4v) is 2.06. The molecule has 0 bridgehead atoms. The normalized spacial score (nSPS) is 9.83. The quantitative estimate of drug-likeness (QED) is 0.810. The molecule has 0 radical (unpaired) electrons. The van der Waals surface area contributed by atoms with Crippen LogP contribution in [0.3, 0.4) is 0 Å². The molecule has 90 valence electrons. The van der Waals surface area contributed by atoms with Gasteiger partial charge in [-0.3, -0.25) is 0 Å². The average Bonchev–Trinajstić information content (AvgIpc) is 2.36. The molecule has 0 heterocycles. The molecular formula is C13H9BrClN3. The monoisotopic (exact) mass is 321 g/mol. The van der Waals surface area contributed by atoms with Crippen LogP contribution in [0, 0.1) is 11.3 Å². The molecule has 0 unspecified atom stereocenters. The average molecular weight is 323 g/mol. The van der Waals surface area contributed by atoms with Crippen molar-refractivity contribution in [2.24, 2.45) is 0 Å². The molecule has 2 aromatic rings. The Labute approximate surface area is 118 Å². The first kappa shape index (κ1) is 12.7. The van der Waals surface area contributed by atoms with Crippen LogP contribution in [-0.4, -0.2) is 0 Å². The van der Waals surface area contributed by atoms with Gasteiger partial charge in [0.2, 0.25) is 0 Å². The van der Waals surface area contributed by atoms with Gasteiger partial charge in [0.15, 0.2) is 0 Å². The number of nitrogens with one attached hydrogen (secondary N) is 1. The number of halogens is 2. The number of nitrogens with two attached hydrogens (primary N) is 1. The fraction of sp³-hybridized carbons (Fsp3) is 0. The third kappa shape index (κ3) is 2.76. The molecule has 0 aliphatic carbocycles. The third-order valence-electron chi connectivity index (χ3n) is 2.38. The van der Waals surface area contributed by atoms with Gasteiger partial charge in [0.25, 0.3) is 0 Å². The predicted octanol–water partition coefficient (Wildman–Crippen LogP) is 4.30. The highest BCUT2D eigenvalue weighted by Gasteiger charge is 2.05. The molecule has 0 saturated carbocycles. The molecule has 0 amide bonds. The second-order valence-electron chi connectivity index (χ2n) is 3.66. The Balaban J connectivity index is 2.34. The van der Waals surface area contributed by atoms with Crippen LogP contribution < -0.4 is 11.1 Å². The Bertz CT molecular complexity index is 635. The minimum absolute atomic E-state index is 0.480. The highest BCUT2D eigenvalue weighted by molar-refractivity contribution is 9.10. The van der Waals surface area contributed by atoms with Crippen molar-refractivity contribution in [1.29, 1.82) is 5.26 Å². The summed E-state index contributed by atoms with van der Waals surface area (Å²) in [6.45, 7) is 0. The summed E-state index contributed by atoms with van der Waals surface area (Å²) in [5, 5.41) is 12.4. The van der Waals surface area contributed by atoms with Gasteiger partial charge in [0.05, 0.1) is 33.7 Å². The largest absolute Gasteiger partial charge is 0.397 e. The number of nitrogen functional groups attached to an aromatic ring is 1. The maximum Gasteiger partial charge on any atom is 0.0992 e. The van der Waals surface area contributed by atoms with E-state index in [1.165, 1.54) is 0 Å². The molecule has 0 saturated heterocycles. The lowest BCUT2D eigenvalue weighted by Crippen LogP contribution is -1.97. The summed E-state index contributed by atoms with van der Waals surface area (Å²) < 4.78 is 0.920. The van der Waals surface area contributed by atoms with E-state index >= 15 is 0 Å². The van der Waals surface area contributed by atoms with E-state index in [1.807, 2.05) is 18.2 Å². The van der Waals surface area contributed by atoms with Gasteiger partial charge in [-0.25, -0.2) is 0 Å². The number of rotatable bonds is 2. The second-order valence-corrected chi connectivity index (χ2v) is 4.99. The van der Waals surface area contributed by atoms with Crippen molar-refractivity contribution >= 4 is 44.6 Å². The maximum atomic E-state index is 8.77. The van der Waals surface area contributed by atoms with Gasteiger partial charge in [-0.15, -0.1) is 0 Å². The Kier molecular flexibility index (Phi) is 3.75. The number of benzene rings is 2. The van der Waals surface area contributed by atoms with Gasteiger partial charge in [0.1, 0.15) is 0 Å². The molecule has 3 nitrogen and oxygen atoms in total. The zero-order valence-corrected chi connectivity index (χ0v) is 11.6.